The van der Waals surface area contributed by atoms with E-state index in [0.29, 0.717) is 5.92 Å². The van der Waals surface area contributed by atoms with Crippen LogP contribution in [0.25, 0.3) is 0 Å². The van der Waals surface area contributed by atoms with Gasteiger partial charge in [0.2, 0.25) is 0 Å². The summed E-state index contributed by atoms with van der Waals surface area (Å²) in [5, 5.41) is 6.70. The Bertz CT molecular complexity index is 364. The van der Waals surface area contributed by atoms with Crippen LogP contribution < -0.4 is 5.56 Å². The molecule has 0 aromatic carbocycles. The van der Waals surface area contributed by atoms with Gasteiger partial charge in [-0.3, -0.25) is 4.79 Å². The van der Waals surface area contributed by atoms with Crippen molar-refractivity contribution in [1.29, 1.82) is 0 Å². The second-order valence-corrected chi connectivity index (χ2v) is 4.14. The zero-order chi connectivity index (χ0) is 9.97. The third kappa shape index (κ3) is 1.86. The van der Waals surface area contributed by atoms with Gasteiger partial charge >= 0.3 is 0 Å². The third-order valence-electron chi connectivity index (χ3n) is 3.03. The minimum atomic E-state index is -0.0953. The predicted octanol–water partition coefficient (Wildman–Crippen LogP) is 2.13. The smallest absolute Gasteiger partial charge is 0.264 e. The Hall–Kier alpha value is -1.12. The summed E-state index contributed by atoms with van der Waals surface area (Å²) in [5.41, 5.74) is 2.05. The van der Waals surface area contributed by atoms with Crippen molar-refractivity contribution >= 4 is 0 Å². The maximum absolute atomic E-state index is 11.0. The topological polar surface area (TPSA) is 45.8 Å². The molecule has 2 rings (SSSR count). The Labute approximate surface area is 83.5 Å². The molecule has 1 aliphatic carbocycles. The van der Waals surface area contributed by atoms with Gasteiger partial charge in [-0.15, -0.1) is 0 Å². The summed E-state index contributed by atoms with van der Waals surface area (Å²) in [6.45, 7) is 1.98. The van der Waals surface area contributed by atoms with Gasteiger partial charge in [-0.05, 0) is 25.3 Å². The monoisotopic (exact) mass is 192 g/mol. The molecule has 1 aliphatic rings. The molecule has 1 aromatic rings. The van der Waals surface area contributed by atoms with Crippen LogP contribution in [0.1, 0.15) is 49.3 Å². The molecule has 0 amide bonds. The molecule has 0 aliphatic heterocycles. The summed E-state index contributed by atoms with van der Waals surface area (Å²) in [7, 11) is 0. The van der Waals surface area contributed by atoms with Crippen molar-refractivity contribution in [2.24, 2.45) is 0 Å². The van der Waals surface area contributed by atoms with E-state index < -0.39 is 0 Å². The summed E-state index contributed by atoms with van der Waals surface area (Å²) in [6, 6.07) is 1.65. The van der Waals surface area contributed by atoms with Crippen molar-refractivity contribution in [3.63, 3.8) is 0 Å². The van der Waals surface area contributed by atoms with E-state index in [9.17, 15) is 4.79 Å². The second-order valence-electron chi connectivity index (χ2n) is 4.14. The van der Waals surface area contributed by atoms with Gasteiger partial charge in [0, 0.05) is 12.0 Å². The molecule has 1 heterocycles. The number of hydrogen-bond donors (Lipinski definition) is 1. The Morgan fingerprint density at radius 2 is 2.07 bits per heavy atom. The molecule has 0 bridgehead atoms. The molecule has 14 heavy (non-hydrogen) atoms. The van der Waals surface area contributed by atoms with Crippen molar-refractivity contribution in [2.75, 3.05) is 0 Å². The highest BCUT2D eigenvalue weighted by Crippen LogP contribution is 2.32. The SMILES string of the molecule is Cc1cc(=O)[nH]nc1C1CCCCC1. The number of nitrogens with zero attached hydrogens (tertiary/aromatic N) is 1. The molecule has 0 spiro atoms. The Balaban J connectivity index is 2.26. The van der Waals surface area contributed by atoms with Crippen LogP contribution in [0, 0.1) is 6.92 Å². The standard InChI is InChI=1S/C11H16N2O/c1-8-7-10(14)12-13-11(8)9-5-3-2-4-6-9/h7,9H,2-6H2,1H3,(H,12,14). The highest BCUT2D eigenvalue weighted by molar-refractivity contribution is 5.19. The van der Waals surface area contributed by atoms with E-state index in [1.165, 1.54) is 32.1 Å². The van der Waals surface area contributed by atoms with Crippen LogP contribution in [-0.4, -0.2) is 10.2 Å². The predicted molar refractivity (Wildman–Crippen MR) is 55.4 cm³/mol. The Morgan fingerprint density at radius 1 is 1.36 bits per heavy atom. The van der Waals surface area contributed by atoms with E-state index in [0.717, 1.165) is 11.3 Å². The van der Waals surface area contributed by atoms with Crippen LogP contribution >= 0.6 is 0 Å². The number of H-pyrrole nitrogens is 1. The van der Waals surface area contributed by atoms with Crippen molar-refractivity contribution in [2.45, 2.75) is 44.9 Å². The number of aromatic nitrogens is 2. The first-order valence-corrected chi connectivity index (χ1v) is 5.33. The number of nitrogens with one attached hydrogen (secondary N) is 1. The average Bonchev–Trinajstić information content (AvgIpc) is 2.19. The molecule has 76 valence electrons. The van der Waals surface area contributed by atoms with Gasteiger partial charge in [0.1, 0.15) is 0 Å². The molecule has 3 heteroatoms. The summed E-state index contributed by atoms with van der Waals surface area (Å²) in [5.74, 6) is 0.570. The molecule has 0 saturated heterocycles. The number of aryl methyl sites for hydroxylation is 1. The fourth-order valence-corrected chi connectivity index (χ4v) is 2.30. The zero-order valence-corrected chi connectivity index (χ0v) is 8.55. The minimum Gasteiger partial charge on any atom is -0.268 e. The molecular formula is C11H16N2O. The van der Waals surface area contributed by atoms with Crippen molar-refractivity contribution in [3.05, 3.63) is 27.7 Å². The second kappa shape index (κ2) is 3.95. The summed E-state index contributed by atoms with van der Waals surface area (Å²) < 4.78 is 0. The van der Waals surface area contributed by atoms with E-state index in [-0.39, 0.29) is 5.56 Å². The normalized spacial score (nSPS) is 18.4. The molecule has 0 atom stereocenters. The quantitative estimate of drug-likeness (QED) is 0.740. The number of rotatable bonds is 1. The Kier molecular flexibility index (Phi) is 2.66. The van der Waals surface area contributed by atoms with Gasteiger partial charge in [0.25, 0.3) is 5.56 Å². The van der Waals surface area contributed by atoms with Crippen LogP contribution in [0.15, 0.2) is 10.9 Å². The van der Waals surface area contributed by atoms with E-state index in [1.54, 1.807) is 6.07 Å². The molecule has 3 nitrogen and oxygen atoms in total. The highest BCUT2D eigenvalue weighted by Gasteiger charge is 2.18. The van der Waals surface area contributed by atoms with Crippen molar-refractivity contribution in [3.8, 4) is 0 Å². The van der Waals surface area contributed by atoms with Crippen LogP contribution in [0.4, 0.5) is 0 Å². The van der Waals surface area contributed by atoms with Crippen LogP contribution in [-0.2, 0) is 0 Å². The average molecular weight is 192 g/mol. The molecule has 1 aromatic heterocycles. The highest BCUT2D eigenvalue weighted by atomic mass is 16.1. The van der Waals surface area contributed by atoms with Crippen LogP contribution in [0.3, 0.4) is 0 Å². The van der Waals surface area contributed by atoms with Gasteiger partial charge in [0.05, 0.1) is 5.69 Å². The lowest BCUT2D eigenvalue weighted by atomic mass is 9.85. The summed E-state index contributed by atoms with van der Waals surface area (Å²) >= 11 is 0. The molecular weight excluding hydrogens is 176 g/mol. The van der Waals surface area contributed by atoms with Crippen LogP contribution in [0.5, 0.6) is 0 Å². The minimum absolute atomic E-state index is 0.0953. The van der Waals surface area contributed by atoms with E-state index >= 15 is 0 Å². The molecule has 1 fully saturated rings. The lowest BCUT2D eigenvalue weighted by molar-refractivity contribution is 0.432. The number of hydrogen-bond acceptors (Lipinski definition) is 2. The fraction of sp³-hybridized carbons (Fsp3) is 0.636. The lowest BCUT2D eigenvalue weighted by Gasteiger charge is -2.21. The largest absolute Gasteiger partial charge is 0.268 e. The summed E-state index contributed by atoms with van der Waals surface area (Å²) in [6.07, 6.45) is 6.38. The molecule has 1 saturated carbocycles. The lowest BCUT2D eigenvalue weighted by Crippen LogP contribution is -2.15. The van der Waals surface area contributed by atoms with Crippen molar-refractivity contribution in [1.82, 2.24) is 10.2 Å². The molecule has 0 unspecified atom stereocenters. The fourth-order valence-electron chi connectivity index (χ4n) is 2.30. The van der Waals surface area contributed by atoms with Crippen LogP contribution in [0.2, 0.25) is 0 Å². The zero-order valence-electron chi connectivity index (χ0n) is 8.55. The summed E-state index contributed by atoms with van der Waals surface area (Å²) in [4.78, 5) is 11.0. The first-order valence-electron chi connectivity index (χ1n) is 5.33. The van der Waals surface area contributed by atoms with Gasteiger partial charge in [-0.2, -0.15) is 5.10 Å². The van der Waals surface area contributed by atoms with Gasteiger partial charge in [-0.1, -0.05) is 19.3 Å². The van der Waals surface area contributed by atoms with Crippen molar-refractivity contribution < 1.29 is 0 Å². The van der Waals surface area contributed by atoms with Gasteiger partial charge in [0.15, 0.2) is 0 Å². The molecule has 0 radical (unpaired) electrons. The van der Waals surface area contributed by atoms with Gasteiger partial charge in [-0.25, -0.2) is 5.10 Å². The Morgan fingerprint density at radius 3 is 2.71 bits per heavy atom. The van der Waals surface area contributed by atoms with Gasteiger partial charge < -0.3 is 0 Å². The maximum Gasteiger partial charge on any atom is 0.264 e. The first kappa shape index (κ1) is 9.44. The number of aromatic amines is 1. The molecule has 1 N–H and O–H groups in total. The first-order chi connectivity index (χ1) is 6.77. The third-order valence-corrected chi connectivity index (χ3v) is 3.03. The van der Waals surface area contributed by atoms with E-state index in [1.807, 2.05) is 6.92 Å². The van der Waals surface area contributed by atoms with E-state index in [4.69, 9.17) is 0 Å². The van der Waals surface area contributed by atoms with E-state index in [2.05, 4.69) is 10.2 Å². The maximum atomic E-state index is 11.0.